The van der Waals surface area contributed by atoms with E-state index in [9.17, 15) is 0 Å². The summed E-state index contributed by atoms with van der Waals surface area (Å²) < 4.78 is 10.5. The van der Waals surface area contributed by atoms with Crippen LogP contribution in [-0.4, -0.2) is 39.9 Å². The zero-order chi connectivity index (χ0) is 14.4. The van der Waals surface area contributed by atoms with Crippen molar-refractivity contribution in [3.05, 3.63) is 29.8 Å². The summed E-state index contributed by atoms with van der Waals surface area (Å²) in [6, 6.07) is 8.00. The van der Waals surface area contributed by atoms with Crippen molar-refractivity contribution in [1.82, 2.24) is 10.6 Å². The summed E-state index contributed by atoms with van der Waals surface area (Å²) in [5.74, 6) is 1.67. The smallest absolute Gasteiger partial charge is 0.191 e. The largest absolute Gasteiger partial charge is 0.497 e. The van der Waals surface area contributed by atoms with Gasteiger partial charge in [-0.3, -0.25) is 4.99 Å². The second-order valence-electron chi connectivity index (χ2n) is 5.43. The quantitative estimate of drug-likeness (QED) is 0.447. The molecule has 0 aromatic heterocycles. The van der Waals surface area contributed by atoms with Gasteiger partial charge in [-0.1, -0.05) is 19.1 Å². The first-order valence-electron chi connectivity index (χ1n) is 6.80. The molecular weight excluding hydrogens is 381 g/mol. The predicted octanol–water partition coefficient (Wildman–Crippen LogP) is 2.01. The number of nitrogens with zero attached hydrogens (tertiary/aromatic N) is 1. The van der Waals surface area contributed by atoms with Crippen LogP contribution in [-0.2, 0) is 11.3 Å². The molecule has 6 heteroatoms. The van der Waals surface area contributed by atoms with E-state index < -0.39 is 0 Å². The first-order chi connectivity index (χ1) is 9.65. The fourth-order valence-electron chi connectivity index (χ4n) is 2.04. The van der Waals surface area contributed by atoms with E-state index >= 15 is 0 Å². The third-order valence-corrected chi connectivity index (χ3v) is 3.40. The topological polar surface area (TPSA) is 54.9 Å². The summed E-state index contributed by atoms with van der Waals surface area (Å²) in [5, 5.41) is 6.64. The molecule has 2 rings (SSSR count). The molecule has 2 N–H and O–H groups in total. The zero-order valence-corrected chi connectivity index (χ0v) is 15.1. The highest BCUT2D eigenvalue weighted by Gasteiger charge is 2.33. The van der Waals surface area contributed by atoms with Crippen LogP contribution in [0.25, 0.3) is 0 Å². The van der Waals surface area contributed by atoms with Gasteiger partial charge in [0.05, 0.1) is 20.3 Å². The number of benzene rings is 1. The number of hydrogen-bond donors (Lipinski definition) is 2. The highest BCUT2D eigenvalue weighted by Crippen LogP contribution is 2.24. The van der Waals surface area contributed by atoms with Gasteiger partial charge in [-0.15, -0.1) is 24.0 Å². The fraction of sp³-hybridized carbons (Fsp3) is 0.533. The summed E-state index contributed by atoms with van der Waals surface area (Å²) in [5.41, 5.74) is 1.39. The molecule has 1 saturated heterocycles. The molecular formula is C15H24IN3O2. The first kappa shape index (κ1) is 18.0. The van der Waals surface area contributed by atoms with Crippen molar-refractivity contribution in [3.63, 3.8) is 0 Å². The molecule has 1 aliphatic rings. The minimum absolute atomic E-state index is 0. The van der Waals surface area contributed by atoms with Gasteiger partial charge in [0.25, 0.3) is 0 Å². The maximum atomic E-state index is 5.24. The van der Waals surface area contributed by atoms with Crippen LogP contribution in [0.5, 0.6) is 5.75 Å². The Hall–Kier alpha value is -1.02. The Balaban J connectivity index is 0.00000220. The van der Waals surface area contributed by atoms with Crippen LogP contribution in [0.1, 0.15) is 12.5 Å². The maximum absolute atomic E-state index is 5.24. The van der Waals surface area contributed by atoms with Crippen LogP contribution in [0, 0.1) is 5.41 Å². The molecule has 21 heavy (non-hydrogen) atoms. The molecule has 1 aromatic rings. The van der Waals surface area contributed by atoms with Gasteiger partial charge in [-0.2, -0.15) is 0 Å². The number of ether oxygens (including phenoxy) is 2. The predicted molar refractivity (Wildman–Crippen MR) is 95.5 cm³/mol. The van der Waals surface area contributed by atoms with Crippen LogP contribution < -0.4 is 15.4 Å². The molecule has 0 saturated carbocycles. The van der Waals surface area contributed by atoms with E-state index in [4.69, 9.17) is 9.47 Å². The molecule has 5 nitrogen and oxygen atoms in total. The molecule has 1 heterocycles. The van der Waals surface area contributed by atoms with E-state index in [2.05, 4.69) is 28.6 Å². The summed E-state index contributed by atoms with van der Waals surface area (Å²) in [4.78, 5) is 4.23. The Morgan fingerprint density at radius 3 is 2.71 bits per heavy atom. The third-order valence-electron chi connectivity index (χ3n) is 3.40. The highest BCUT2D eigenvalue weighted by molar-refractivity contribution is 14.0. The summed E-state index contributed by atoms with van der Waals surface area (Å²) in [6.45, 7) is 5.41. The molecule has 1 aliphatic heterocycles. The molecule has 0 aliphatic carbocycles. The molecule has 1 aromatic carbocycles. The van der Waals surface area contributed by atoms with E-state index in [1.165, 1.54) is 0 Å². The maximum Gasteiger partial charge on any atom is 0.191 e. The zero-order valence-electron chi connectivity index (χ0n) is 12.8. The lowest BCUT2D eigenvalue weighted by atomic mass is 9.89. The Labute approximate surface area is 143 Å². The van der Waals surface area contributed by atoms with Crippen molar-refractivity contribution in [2.75, 3.05) is 33.9 Å². The van der Waals surface area contributed by atoms with Crippen molar-refractivity contribution >= 4 is 29.9 Å². The van der Waals surface area contributed by atoms with E-state index in [1.807, 2.05) is 18.2 Å². The van der Waals surface area contributed by atoms with Crippen molar-refractivity contribution in [3.8, 4) is 5.75 Å². The monoisotopic (exact) mass is 405 g/mol. The average Bonchev–Trinajstić information content (AvgIpc) is 2.45. The van der Waals surface area contributed by atoms with Crippen LogP contribution in [0.2, 0.25) is 0 Å². The van der Waals surface area contributed by atoms with E-state index in [1.54, 1.807) is 14.2 Å². The number of aliphatic imine (C=N–C) groups is 1. The molecule has 0 amide bonds. The normalized spacial score (nSPS) is 16.4. The number of nitrogens with one attached hydrogen (secondary N) is 2. The van der Waals surface area contributed by atoms with E-state index in [0.29, 0.717) is 6.54 Å². The molecule has 0 radical (unpaired) electrons. The van der Waals surface area contributed by atoms with Gasteiger partial charge in [-0.05, 0) is 17.7 Å². The third kappa shape index (κ3) is 5.35. The molecule has 0 unspecified atom stereocenters. The summed E-state index contributed by atoms with van der Waals surface area (Å²) in [6.07, 6.45) is 0. The van der Waals surface area contributed by atoms with Gasteiger partial charge in [-0.25, -0.2) is 0 Å². The van der Waals surface area contributed by atoms with Crippen LogP contribution in [0.4, 0.5) is 0 Å². The van der Waals surface area contributed by atoms with Crippen molar-refractivity contribution < 1.29 is 9.47 Å². The minimum atomic E-state index is 0. The fourth-order valence-corrected chi connectivity index (χ4v) is 2.04. The van der Waals surface area contributed by atoms with Gasteiger partial charge in [0.15, 0.2) is 5.96 Å². The first-order valence-corrected chi connectivity index (χ1v) is 6.80. The lowest BCUT2D eigenvalue weighted by Gasteiger charge is -2.38. The number of rotatable bonds is 5. The molecule has 0 spiro atoms. The average molecular weight is 405 g/mol. The molecule has 1 fully saturated rings. The minimum Gasteiger partial charge on any atom is -0.497 e. The van der Waals surface area contributed by atoms with E-state index in [-0.39, 0.29) is 29.4 Å². The van der Waals surface area contributed by atoms with Gasteiger partial charge in [0, 0.05) is 25.6 Å². The Kier molecular flexibility index (Phi) is 7.24. The van der Waals surface area contributed by atoms with Gasteiger partial charge in [0.2, 0.25) is 0 Å². The lowest BCUT2D eigenvalue weighted by molar-refractivity contribution is -0.0971. The Bertz CT molecular complexity index is 476. The Morgan fingerprint density at radius 1 is 1.38 bits per heavy atom. The molecule has 118 valence electrons. The van der Waals surface area contributed by atoms with Crippen LogP contribution >= 0.6 is 24.0 Å². The Morgan fingerprint density at radius 2 is 2.14 bits per heavy atom. The molecule has 0 atom stereocenters. The van der Waals surface area contributed by atoms with Crippen molar-refractivity contribution in [2.45, 2.75) is 13.5 Å². The number of guanidine groups is 1. The summed E-state index contributed by atoms with van der Waals surface area (Å²) in [7, 11) is 3.45. The number of methoxy groups -OCH3 is 1. The second kappa shape index (κ2) is 8.43. The standard InChI is InChI=1S/C15H23N3O2.HI/c1-15(10-20-11-15)9-18-14(16-2)17-8-12-5-4-6-13(7-12)19-3;/h4-7H,8-11H2,1-3H3,(H2,16,17,18);1H. The van der Waals surface area contributed by atoms with E-state index in [0.717, 1.165) is 37.0 Å². The van der Waals surface area contributed by atoms with Crippen LogP contribution in [0.15, 0.2) is 29.3 Å². The van der Waals surface area contributed by atoms with Gasteiger partial charge < -0.3 is 20.1 Å². The summed E-state index contributed by atoms with van der Waals surface area (Å²) >= 11 is 0. The SMILES string of the molecule is CN=C(NCc1cccc(OC)c1)NCC1(C)COC1.I. The highest BCUT2D eigenvalue weighted by atomic mass is 127. The van der Waals surface area contributed by atoms with Crippen molar-refractivity contribution in [1.29, 1.82) is 0 Å². The van der Waals surface area contributed by atoms with Gasteiger partial charge >= 0.3 is 0 Å². The number of hydrogen-bond acceptors (Lipinski definition) is 3. The number of halogens is 1. The van der Waals surface area contributed by atoms with Gasteiger partial charge in [0.1, 0.15) is 5.75 Å². The van der Waals surface area contributed by atoms with Crippen molar-refractivity contribution in [2.24, 2.45) is 10.4 Å². The lowest BCUT2D eigenvalue weighted by Crippen LogP contribution is -2.50. The second-order valence-corrected chi connectivity index (χ2v) is 5.43. The van der Waals surface area contributed by atoms with Crippen LogP contribution in [0.3, 0.4) is 0 Å². The molecule has 0 bridgehead atoms.